The first-order chi connectivity index (χ1) is 13.2. The van der Waals surface area contributed by atoms with Gasteiger partial charge in [0.25, 0.3) is 5.91 Å². The zero-order chi connectivity index (χ0) is 19.1. The number of carbonyl (C=O) groups excluding carboxylic acids is 2. The van der Waals surface area contributed by atoms with Crippen LogP contribution in [0, 0.1) is 0 Å². The van der Waals surface area contributed by atoms with Gasteiger partial charge in [-0.05, 0) is 36.2 Å². The van der Waals surface area contributed by atoms with E-state index in [-0.39, 0.29) is 19.1 Å². The number of carbonyl (C=O) groups is 2. The van der Waals surface area contributed by atoms with E-state index in [1.165, 1.54) is 0 Å². The van der Waals surface area contributed by atoms with E-state index in [1.54, 1.807) is 25.3 Å². The highest BCUT2D eigenvalue weighted by atomic mass is 16.6. The topological polar surface area (TPSA) is 83.1 Å². The molecule has 0 fully saturated rings. The molecule has 1 aliphatic heterocycles. The van der Waals surface area contributed by atoms with Gasteiger partial charge >= 0.3 is 5.97 Å². The largest absolute Gasteiger partial charge is 0.497 e. The molecule has 2 aromatic carbocycles. The van der Waals surface area contributed by atoms with Crippen LogP contribution in [0.2, 0.25) is 0 Å². The van der Waals surface area contributed by atoms with Gasteiger partial charge in [-0.15, -0.1) is 0 Å². The van der Waals surface area contributed by atoms with Gasteiger partial charge in [-0.2, -0.15) is 0 Å². The highest BCUT2D eigenvalue weighted by Gasteiger charge is 2.29. The normalized spacial score (nSPS) is 14.9. The second-order valence-electron chi connectivity index (χ2n) is 5.92. The Labute approximate surface area is 157 Å². The molecular formula is C20H21NO6. The van der Waals surface area contributed by atoms with Gasteiger partial charge in [0.1, 0.15) is 12.4 Å². The molecule has 0 saturated carbocycles. The quantitative estimate of drug-likeness (QED) is 0.747. The molecule has 1 aliphatic rings. The van der Waals surface area contributed by atoms with Crippen molar-refractivity contribution in [3.05, 3.63) is 54.1 Å². The maximum absolute atomic E-state index is 12.0. The number of hydrogen-bond acceptors (Lipinski definition) is 6. The Morgan fingerprint density at radius 3 is 2.59 bits per heavy atom. The lowest BCUT2D eigenvalue weighted by Gasteiger charge is -2.24. The van der Waals surface area contributed by atoms with Gasteiger partial charge in [-0.1, -0.05) is 24.3 Å². The van der Waals surface area contributed by atoms with Gasteiger partial charge in [-0.3, -0.25) is 4.79 Å². The Morgan fingerprint density at radius 2 is 1.85 bits per heavy atom. The first kappa shape index (κ1) is 18.6. The van der Waals surface area contributed by atoms with Gasteiger partial charge in [0, 0.05) is 6.54 Å². The van der Waals surface area contributed by atoms with E-state index in [1.807, 2.05) is 30.3 Å². The molecule has 0 bridgehead atoms. The molecule has 0 aromatic heterocycles. The van der Waals surface area contributed by atoms with Crippen molar-refractivity contribution in [1.82, 2.24) is 5.32 Å². The van der Waals surface area contributed by atoms with Crippen molar-refractivity contribution in [2.45, 2.75) is 12.5 Å². The van der Waals surface area contributed by atoms with Crippen molar-refractivity contribution in [2.24, 2.45) is 0 Å². The molecule has 0 radical (unpaired) electrons. The zero-order valence-electron chi connectivity index (χ0n) is 15.0. The van der Waals surface area contributed by atoms with Gasteiger partial charge in [-0.25, -0.2) is 4.79 Å². The van der Waals surface area contributed by atoms with E-state index in [4.69, 9.17) is 18.9 Å². The molecule has 0 saturated heterocycles. The fourth-order valence-electron chi connectivity index (χ4n) is 2.55. The summed E-state index contributed by atoms with van der Waals surface area (Å²) in [4.78, 5) is 23.9. The SMILES string of the molecule is COc1ccc(CCNC(=O)COC(=O)[C@H]2COc3ccccc3O2)cc1. The molecule has 7 heteroatoms. The lowest BCUT2D eigenvalue weighted by Crippen LogP contribution is -2.39. The molecule has 2 aromatic rings. The predicted molar refractivity (Wildman–Crippen MR) is 97.0 cm³/mol. The minimum Gasteiger partial charge on any atom is -0.497 e. The van der Waals surface area contributed by atoms with Gasteiger partial charge < -0.3 is 24.3 Å². The summed E-state index contributed by atoms with van der Waals surface area (Å²) < 4.78 is 21.1. The summed E-state index contributed by atoms with van der Waals surface area (Å²) in [6.07, 6.45) is -0.216. The number of esters is 1. The molecule has 0 spiro atoms. The molecule has 1 atom stereocenters. The van der Waals surface area contributed by atoms with Crippen LogP contribution in [0.25, 0.3) is 0 Å². The van der Waals surface area contributed by atoms with E-state index < -0.39 is 12.1 Å². The van der Waals surface area contributed by atoms with Crippen LogP contribution in [-0.4, -0.2) is 44.8 Å². The summed E-state index contributed by atoms with van der Waals surface area (Å²) in [5, 5.41) is 2.71. The smallest absolute Gasteiger partial charge is 0.351 e. The van der Waals surface area contributed by atoms with E-state index in [0.29, 0.717) is 24.5 Å². The van der Waals surface area contributed by atoms with Crippen molar-refractivity contribution in [2.75, 3.05) is 26.9 Å². The maximum atomic E-state index is 12.0. The zero-order valence-corrected chi connectivity index (χ0v) is 15.0. The Bertz CT molecular complexity index is 789. The molecule has 1 amide bonds. The molecule has 0 aliphatic carbocycles. The standard InChI is InChI=1S/C20H21NO6/c1-24-15-8-6-14(7-9-15)10-11-21-19(22)13-26-20(23)18-12-25-16-4-2-3-5-17(16)27-18/h2-9,18H,10-13H2,1H3,(H,21,22)/t18-/m1/s1. The number of fused-ring (bicyclic) bond motifs is 1. The lowest BCUT2D eigenvalue weighted by molar-refractivity contribution is -0.157. The Morgan fingerprint density at radius 1 is 1.11 bits per heavy atom. The van der Waals surface area contributed by atoms with E-state index in [0.717, 1.165) is 11.3 Å². The second-order valence-corrected chi connectivity index (χ2v) is 5.92. The maximum Gasteiger partial charge on any atom is 0.351 e. The molecule has 0 unspecified atom stereocenters. The number of amides is 1. The average molecular weight is 371 g/mol. The van der Waals surface area contributed by atoms with E-state index >= 15 is 0 Å². The van der Waals surface area contributed by atoms with Crippen molar-refractivity contribution in [3.63, 3.8) is 0 Å². The van der Waals surface area contributed by atoms with Crippen LogP contribution in [0.3, 0.4) is 0 Å². The minimum atomic E-state index is -0.882. The molecular weight excluding hydrogens is 350 g/mol. The number of hydrogen-bond donors (Lipinski definition) is 1. The molecule has 7 nitrogen and oxygen atoms in total. The highest BCUT2D eigenvalue weighted by Crippen LogP contribution is 2.31. The van der Waals surface area contributed by atoms with Crippen LogP contribution in [0.4, 0.5) is 0 Å². The summed E-state index contributed by atoms with van der Waals surface area (Å²) in [7, 11) is 1.61. The van der Waals surface area contributed by atoms with E-state index in [2.05, 4.69) is 5.32 Å². The van der Waals surface area contributed by atoms with Gasteiger partial charge in [0.05, 0.1) is 7.11 Å². The molecule has 3 rings (SSSR count). The number of methoxy groups -OCH3 is 1. The monoisotopic (exact) mass is 371 g/mol. The molecule has 1 N–H and O–H groups in total. The third-order valence-electron chi connectivity index (χ3n) is 4.01. The molecule has 142 valence electrons. The average Bonchev–Trinajstić information content (AvgIpc) is 2.72. The van der Waals surface area contributed by atoms with Crippen LogP contribution in [0.1, 0.15) is 5.56 Å². The highest BCUT2D eigenvalue weighted by molar-refractivity contribution is 5.82. The second kappa shape index (κ2) is 8.93. The van der Waals surface area contributed by atoms with Crippen LogP contribution < -0.4 is 19.5 Å². The number of nitrogens with one attached hydrogen (secondary N) is 1. The number of rotatable bonds is 7. The third-order valence-corrected chi connectivity index (χ3v) is 4.01. The summed E-state index contributed by atoms with van der Waals surface area (Å²) >= 11 is 0. The van der Waals surface area contributed by atoms with Crippen LogP contribution in [0.5, 0.6) is 17.2 Å². The molecule has 1 heterocycles. The summed E-state index contributed by atoms with van der Waals surface area (Å²) in [6.45, 7) is 0.136. The summed E-state index contributed by atoms with van der Waals surface area (Å²) in [6, 6.07) is 14.7. The van der Waals surface area contributed by atoms with Crippen molar-refractivity contribution in [3.8, 4) is 17.2 Å². The third kappa shape index (κ3) is 5.13. The van der Waals surface area contributed by atoms with E-state index in [9.17, 15) is 9.59 Å². The number of para-hydroxylation sites is 2. The molecule has 27 heavy (non-hydrogen) atoms. The lowest BCUT2D eigenvalue weighted by atomic mass is 10.1. The predicted octanol–water partition coefficient (Wildman–Crippen LogP) is 1.74. The van der Waals surface area contributed by atoms with Crippen molar-refractivity contribution < 1.29 is 28.5 Å². The van der Waals surface area contributed by atoms with Crippen LogP contribution in [0.15, 0.2) is 48.5 Å². The Balaban J connectivity index is 1.37. The first-order valence-corrected chi connectivity index (χ1v) is 8.60. The van der Waals surface area contributed by atoms with Crippen LogP contribution in [-0.2, 0) is 20.7 Å². The summed E-state index contributed by atoms with van der Waals surface area (Å²) in [5.41, 5.74) is 1.07. The van der Waals surface area contributed by atoms with Gasteiger partial charge in [0.2, 0.25) is 6.10 Å². The fraction of sp³-hybridized carbons (Fsp3) is 0.300. The fourth-order valence-corrected chi connectivity index (χ4v) is 2.55. The number of benzene rings is 2. The minimum absolute atomic E-state index is 0.0505. The Hall–Kier alpha value is -3.22. The Kier molecular flexibility index (Phi) is 6.14. The first-order valence-electron chi connectivity index (χ1n) is 8.60. The van der Waals surface area contributed by atoms with Crippen molar-refractivity contribution >= 4 is 11.9 Å². The van der Waals surface area contributed by atoms with Crippen molar-refractivity contribution in [1.29, 1.82) is 0 Å². The number of ether oxygens (including phenoxy) is 4. The van der Waals surface area contributed by atoms with Crippen LogP contribution >= 0.6 is 0 Å². The summed E-state index contributed by atoms with van der Waals surface area (Å²) in [5.74, 6) is 0.850. The van der Waals surface area contributed by atoms with Gasteiger partial charge in [0.15, 0.2) is 18.1 Å².